The van der Waals surface area contributed by atoms with Crippen LogP contribution in [0.1, 0.15) is 42.5 Å². The molecule has 1 aliphatic heterocycles. The normalized spacial score (nSPS) is 20.8. The summed E-state index contributed by atoms with van der Waals surface area (Å²) in [5.41, 5.74) is 2.72. The van der Waals surface area contributed by atoms with E-state index >= 15 is 0 Å². The summed E-state index contributed by atoms with van der Waals surface area (Å²) >= 11 is 0. The molecule has 0 spiro atoms. The summed E-state index contributed by atoms with van der Waals surface area (Å²) in [6.45, 7) is 1.06. The first kappa shape index (κ1) is 21.0. The number of hydrogen-bond acceptors (Lipinski definition) is 6. The van der Waals surface area contributed by atoms with Gasteiger partial charge in [0.1, 0.15) is 11.9 Å². The summed E-state index contributed by atoms with van der Waals surface area (Å²) in [5, 5.41) is 2.92. The highest BCUT2D eigenvalue weighted by molar-refractivity contribution is 7.90. The summed E-state index contributed by atoms with van der Waals surface area (Å²) < 4.78 is 31.7. The van der Waals surface area contributed by atoms with Crippen molar-refractivity contribution in [2.24, 2.45) is 4.99 Å². The van der Waals surface area contributed by atoms with Crippen LogP contribution < -0.4 is 10.0 Å². The summed E-state index contributed by atoms with van der Waals surface area (Å²) in [7, 11) is -3.69. The minimum absolute atomic E-state index is 0.0864. The fraction of sp³-hybridized carbons (Fsp3) is 0.318. The highest BCUT2D eigenvalue weighted by Gasteiger charge is 2.31. The van der Waals surface area contributed by atoms with Gasteiger partial charge in [0, 0.05) is 5.56 Å². The molecule has 4 rings (SSSR count). The summed E-state index contributed by atoms with van der Waals surface area (Å²) in [6, 6.07) is 13.3. The lowest BCUT2D eigenvalue weighted by Gasteiger charge is -2.26. The molecule has 0 saturated heterocycles. The highest BCUT2D eigenvalue weighted by Crippen LogP contribution is 2.29. The maximum Gasteiger partial charge on any atom is 0.331 e. The number of sulfonamides is 1. The predicted octanol–water partition coefficient (Wildman–Crippen LogP) is 1.85. The van der Waals surface area contributed by atoms with Gasteiger partial charge in [0.15, 0.2) is 6.61 Å². The molecule has 2 aromatic rings. The molecule has 0 unspecified atom stereocenters. The Balaban J connectivity index is 1.35. The van der Waals surface area contributed by atoms with Crippen LogP contribution >= 0.6 is 0 Å². The Kier molecular flexibility index (Phi) is 5.77. The van der Waals surface area contributed by atoms with Gasteiger partial charge < -0.3 is 10.1 Å². The van der Waals surface area contributed by atoms with Crippen molar-refractivity contribution in [3.63, 3.8) is 0 Å². The Morgan fingerprint density at radius 3 is 2.77 bits per heavy atom. The summed E-state index contributed by atoms with van der Waals surface area (Å²) in [5.74, 6) is -1.01. The van der Waals surface area contributed by atoms with Gasteiger partial charge in [-0.1, -0.05) is 36.4 Å². The van der Waals surface area contributed by atoms with E-state index in [0.717, 1.165) is 24.8 Å². The molecule has 1 amide bonds. The van der Waals surface area contributed by atoms with Crippen molar-refractivity contribution >= 4 is 27.7 Å². The van der Waals surface area contributed by atoms with Crippen molar-refractivity contribution in [2.45, 2.75) is 43.2 Å². The molecule has 8 nitrogen and oxygen atoms in total. The van der Waals surface area contributed by atoms with E-state index in [2.05, 4.69) is 21.1 Å². The second-order valence-corrected chi connectivity index (χ2v) is 9.23. The second kappa shape index (κ2) is 8.50. The van der Waals surface area contributed by atoms with Crippen LogP contribution in [0.5, 0.6) is 0 Å². The molecule has 0 aromatic heterocycles. The molecule has 2 N–H and O–H groups in total. The molecule has 1 heterocycles. The van der Waals surface area contributed by atoms with E-state index in [0.29, 0.717) is 5.56 Å². The van der Waals surface area contributed by atoms with Crippen LogP contribution in [0, 0.1) is 0 Å². The molecule has 0 fully saturated rings. The fourth-order valence-corrected chi connectivity index (χ4v) is 5.11. The number of ether oxygens (including phenoxy) is 1. The number of aliphatic imine (C=N–C) groups is 1. The van der Waals surface area contributed by atoms with Crippen LogP contribution in [0.3, 0.4) is 0 Å². The Bertz CT molecular complexity index is 1160. The van der Waals surface area contributed by atoms with E-state index in [-0.39, 0.29) is 22.7 Å². The van der Waals surface area contributed by atoms with Crippen molar-refractivity contribution in [1.29, 1.82) is 0 Å². The lowest BCUT2D eigenvalue weighted by atomic mass is 9.88. The fourth-order valence-electron chi connectivity index (χ4n) is 3.87. The third-order valence-electron chi connectivity index (χ3n) is 5.38. The van der Waals surface area contributed by atoms with Crippen molar-refractivity contribution in [3.05, 3.63) is 65.2 Å². The van der Waals surface area contributed by atoms with Crippen LogP contribution in [-0.2, 0) is 30.8 Å². The first-order valence-electron chi connectivity index (χ1n) is 10.1. The number of benzene rings is 2. The summed E-state index contributed by atoms with van der Waals surface area (Å²) in [6.07, 6.45) is 2.80. The number of nitrogens with one attached hydrogen (secondary N) is 2. The molecule has 2 aliphatic rings. The van der Waals surface area contributed by atoms with Gasteiger partial charge in [-0.15, -0.1) is 0 Å². The van der Waals surface area contributed by atoms with Crippen LogP contribution in [-0.4, -0.2) is 38.8 Å². The lowest BCUT2D eigenvalue weighted by molar-refractivity contribution is -0.149. The van der Waals surface area contributed by atoms with E-state index in [1.165, 1.54) is 18.6 Å². The molecule has 0 saturated carbocycles. The third-order valence-corrected chi connectivity index (χ3v) is 6.77. The number of carbonyl (C=O) groups is 2. The molecule has 162 valence electrons. The van der Waals surface area contributed by atoms with Gasteiger partial charge in [0.2, 0.25) is 0 Å². The van der Waals surface area contributed by atoms with Crippen LogP contribution in [0.25, 0.3) is 0 Å². The minimum Gasteiger partial charge on any atom is -0.454 e. The van der Waals surface area contributed by atoms with Gasteiger partial charge in [-0.05, 0) is 49.4 Å². The molecule has 1 aliphatic carbocycles. The number of hydrogen-bond donors (Lipinski definition) is 2. The van der Waals surface area contributed by atoms with Crippen molar-refractivity contribution in [1.82, 2.24) is 10.0 Å². The average Bonchev–Trinajstić information content (AvgIpc) is 3.02. The monoisotopic (exact) mass is 441 g/mol. The number of esters is 1. The Hall–Kier alpha value is -3.20. The Morgan fingerprint density at radius 1 is 1.19 bits per heavy atom. The van der Waals surface area contributed by atoms with Crippen molar-refractivity contribution < 1.29 is 22.7 Å². The number of aryl methyl sites for hydroxylation is 1. The molecule has 0 radical (unpaired) electrons. The number of nitrogens with zero attached hydrogens (tertiary/aromatic N) is 1. The van der Waals surface area contributed by atoms with E-state index in [1.54, 1.807) is 18.2 Å². The quantitative estimate of drug-likeness (QED) is 0.688. The van der Waals surface area contributed by atoms with Gasteiger partial charge in [-0.25, -0.2) is 13.2 Å². The van der Waals surface area contributed by atoms with Gasteiger partial charge in [0.05, 0.1) is 10.9 Å². The van der Waals surface area contributed by atoms with Gasteiger partial charge >= 0.3 is 5.97 Å². The molecule has 9 heteroatoms. The number of rotatable bonds is 5. The number of fused-ring (bicyclic) bond motifs is 2. The lowest BCUT2D eigenvalue weighted by Crippen LogP contribution is -2.35. The average molecular weight is 442 g/mol. The Morgan fingerprint density at radius 2 is 1.94 bits per heavy atom. The van der Waals surface area contributed by atoms with Gasteiger partial charge in [0.25, 0.3) is 15.9 Å². The molecule has 31 heavy (non-hydrogen) atoms. The van der Waals surface area contributed by atoms with Gasteiger partial charge in [-0.3, -0.25) is 14.5 Å². The maximum absolute atomic E-state index is 12.3. The zero-order valence-electron chi connectivity index (χ0n) is 17.0. The SMILES string of the molecule is C[C@H](N=C1NS(=O)(=O)c2ccccc21)C(=O)OCC(=O)N[C@@H]1CCCc2ccccc21. The van der Waals surface area contributed by atoms with Crippen LogP contribution in [0.15, 0.2) is 58.4 Å². The standard InChI is InChI=1S/C22H23N3O5S/c1-14(23-21-17-10-4-5-12-19(17)31(28,29)25-21)22(27)30-13-20(26)24-18-11-6-8-15-7-2-3-9-16(15)18/h2-5,7,9-10,12,14,18H,6,8,11,13H2,1H3,(H,23,25)(H,24,26)/t14-,18+/m0/s1. The second-order valence-electron chi connectivity index (χ2n) is 7.57. The van der Waals surface area contributed by atoms with E-state index in [4.69, 9.17) is 4.74 Å². The van der Waals surface area contributed by atoms with E-state index in [9.17, 15) is 18.0 Å². The number of amidine groups is 1. The minimum atomic E-state index is -3.69. The first-order valence-corrected chi connectivity index (χ1v) is 11.6. The number of amides is 1. The topological polar surface area (TPSA) is 114 Å². The molecule has 2 aromatic carbocycles. The molecular weight excluding hydrogens is 418 g/mol. The summed E-state index contributed by atoms with van der Waals surface area (Å²) in [4.78, 5) is 28.9. The van der Waals surface area contributed by atoms with Crippen LogP contribution in [0.2, 0.25) is 0 Å². The Labute approximate surface area is 180 Å². The smallest absolute Gasteiger partial charge is 0.331 e. The van der Waals surface area contributed by atoms with Gasteiger partial charge in [-0.2, -0.15) is 0 Å². The first-order chi connectivity index (χ1) is 14.8. The predicted molar refractivity (Wildman–Crippen MR) is 114 cm³/mol. The van der Waals surface area contributed by atoms with E-state index in [1.807, 2.05) is 18.2 Å². The van der Waals surface area contributed by atoms with Crippen LogP contribution in [0.4, 0.5) is 0 Å². The van der Waals surface area contributed by atoms with Crippen molar-refractivity contribution in [2.75, 3.05) is 6.61 Å². The van der Waals surface area contributed by atoms with E-state index < -0.39 is 28.6 Å². The molecular formula is C22H23N3O5S. The molecule has 2 atom stereocenters. The maximum atomic E-state index is 12.3. The molecule has 0 bridgehead atoms. The number of carbonyl (C=O) groups excluding carboxylic acids is 2. The largest absolute Gasteiger partial charge is 0.454 e. The zero-order valence-corrected chi connectivity index (χ0v) is 17.8. The zero-order chi connectivity index (χ0) is 22.0. The third kappa shape index (κ3) is 4.46. The highest BCUT2D eigenvalue weighted by atomic mass is 32.2. The van der Waals surface area contributed by atoms with Crippen molar-refractivity contribution in [3.8, 4) is 0 Å².